The van der Waals surface area contributed by atoms with Crippen molar-refractivity contribution in [2.75, 3.05) is 0 Å². The first kappa shape index (κ1) is 31.6. The molecule has 272 valence electrons. The van der Waals surface area contributed by atoms with Gasteiger partial charge in [0.15, 0.2) is 0 Å². The molecule has 1 nitrogen and oxygen atoms in total. The van der Waals surface area contributed by atoms with Gasteiger partial charge in [0, 0.05) is 16.5 Å². The highest BCUT2D eigenvalue weighted by Gasteiger charge is 2.53. The van der Waals surface area contributed by atoms with Crippen LogP contribution in [0.4, 0.5) is 0 Å². The molecule has 0 saturated heterocycles. The van der Waals surface area contributed by atoms with Crippen LogP contribution in [-0.4, -0.2) is 0 Å². The van der Waals surface area contributed by atoms with Crippen molar-refractivity contribution in [1.82, 2.24) is 0 Å². The van der Waals surface area contributed by atoms with E-state index < -0.39 is 10.8 Å². The van der Waals surface area contributed by atoms with E-state index in [2.05, 4.69) is 206 Å². The Bertz CT molecular complexity index is 3450. The van der Waals surface area contributed by atoms with Crippen LogP contribution in [-0.2, 0) is 10.8 Å². The summed E-state index contributed by atoms with van der Waals surface area (Å²) >= 11 is 0. The van der Waals surface area contributed by atoms with Gasteiger partial charge in [0.1, 0.15) is 11.5 Å². The molecular weight excluding hydrogens is 713 g/mol. The quantitative estimate of drug-likeness (QED) is 0.163. The zero-order valence-electron chi connectivity index (χ0n) is 32.0. The molecule has 10 aromatic rings. The smallest absolute Gasteiger partial charge is 0.140 e. The predicted octanol–water partition coefficient (Wildman–Crippen LogP) is 14.5. The van der Waals surface area contributed by atoms with Crippen molar-refractivity contribution in [3.63, 3.8) is 0 Å². The first-order chi connectivity index (χ1) is 29.3. The Hall–Kier alpha value is -7.48. The van der Waals surface area contributed by atoms with Gasteiger partial charge in [-0.1, -0.05) is 176 Å². The van der Waals surface area contributed by atoms with Crippen LogP contribution in [0.5, 0.6) is 11.5 Å². The Morgan fingerprint density at radius 3 is 1.37 bits per heavy atom. The summed E-state index contributed by atoms with van der Waals surface area (Å²) in [6.07, 6.45) is 0. The van der Waals surface area contributed by atoms with Crippen LogP contribution in [0.15, 0.2) is 206 Å². The van der Waals surface area contributed by atoms with Crippen LogP contribution >= 0.6 is 0 Å². The van der Waals surface area contributed by atoms with Gasteiger partial charge < -0.3 is 4.74 Å². The average Bonchev–Trinajstić information content (AvgIpc) is 3.88. The Morgan fingerprint density at radius 1 is 0.271 bits per heavy atom. The van der Waals surface area contributed by atoms with Crippen molar-refractivity contribution < 1.29 is 4.74 Å². The molecule has 59 heavy (non-hydrogen) atoms. The molecule has 3 aliphatic carbocycles. The van der Waals surface area contributed by atoms with Crippen molar-refractivity contribution in [2.24, 2.45) is 0 Å². The predicted molar refractivity (Wildman–Crippen MR) is 241 cm³/mol. The van der Waals surface area contributed by atoms with Crippen molar-refractivity contribution in [2.45, 2.75) is 10.8 Å². The van der Waals surface area contributed by atoms with Crippen molar-refractivity contribution >= 4 is 21.5 Å². The summed E-state index contributed by atoms with van der Waals surface area (Å²) in [6, 6.07) is 77.2. The lowest BCUT2D eigenvalue weighted by Gasteiger charge is -2.40. The maximum atomic E-state index is 7.08. The van der Waals surface area contributed by atoms with Gasteiger partial charge in [0.05, 0.1) is 10.8 Å². The molecule has 4 aliphatic rings. The van der Waals surface area contributed by atoms with E-state index >= 15 is 0 Å². The molecule has 14 rings (SSSR count). The van der Waals surface area contributed by atoms with Gasteiger partial charge in [0.2, 0.25) is 0 Å². The third kappa shape index (κ3) is 3.73. The van der Waals surface area contributed by atoms with E-state index in [0.717, 1.165) is 16.9 Å². The highest BCUT2D eigenvalue weighted by molar-refractivity contribution is 6.06. The van der Waals surface area contributed by atoms with E-state index in [1.165, 1.54) is 105 Å². The van der Waals surface area contributed by atoms with Crippen LogP contribution in [0.25, 0.3) is 66.1 Å². The monoisotopic (exact) mass is 746 g/mol. The van der Waals surface area contributed by atoms with E-state index in [1.54, 1.807) is 0 Å². The molecule has 0 N–H and O–H groups in total. The van der Waals surface area contributed by atoms with Crippen LogP contribution in [0.2, 0.25) is 0 Å². The molecule has 1 atom stereocenters. The van der Waals surface area contributed by atoms with E-state index in [9.17, 15) is 0 Å². The molecule has 0 aromatic heterocycles. The molecule has 0 fully saturated rings. The molecule has 1 heteroatoms. The van der Waals surface area contributed by atoms with Crippen LogP contribution in [0.3, 0.4) is 0 Å². The van der Waals surface area contributed by atoms with Gasteiger partial charge in [-0.15, -0.1) is 0 Å². The third-order valence-electron chi connectivity index (χ3n) is 14.1. The SMILES string of the molecule is c1ccc2c(c1)Oc1c(cc(-c3ccc4c(c3)-c3ccccc3C43c4ccccc4-c4cc5ccccc5cc43)c3ccccc13)C21c2ccccc2-c2ccccc21. The minimum Gasteiger partial charge on any atom is -0.456 e. The lowest BCUT2D eigenvalue weighted by atomic mass is 9.65. The zero-order chi connectivity index (χ0) is 38.5. The Labute approximate surface area is 342 Å². The van der Waals surface area contributed by atoms with E-state index in [4.69, 9.17) is 4.74 Å². The number of hydrogen-bond donors (Lipinski definition) is 0. The maximum absolute atomic E-state index is 7.08. The fourth-order valence-corrected chi connectivity index (χ4v) is 11.9. The van der Waals surface area contributed by atoms with Crippen LogP contribution < -0.4 is 4.74 Å². The van der Waals surface area contributed by atoms with Crippen LogP contribution in [0.1, 0.15) is 44.5 Å². The summed E-state index contributed by atoms with van der Waals surface area (Å²) in [7, 11) is 0. The van der Waals surface area contributed by atoms with Gasteiger partial charge in [-0.3, -0.25) is 0 Å². The Morgan fingerprint density at radius 2 is 0.729 bits per heavy atom. The van der Waals surface area contributed by atoms with Gasteiger partial charge >= 0.3 is 0 Å². The molecule has 10 aromatic carbocycles. The maximum Gasteiger partial charge on any atom is 0.140 e. The molecule has 0 radical (unpaired) electrons. The fourth-order valence-electron chi connectivity index (χ4n) is 11.9. The topological polar surface area (TPSA) is 9.23 Å². The normalized spacial score (nSPS) is 16.5. The first-order valence-corrected chi connectivity index (χ1v) is 20.7. The lowest BCUT2D eigenvalue weighted by molar-refractivity contribution is 0.442. The summed E-state index contributed by atoms with van der Waals surface area (Å²) < 4.78 is 7.08. The number of rotatable bonds is 1. The number of fused-ring (bicyclic) bond motifs is 22. The Kier molecular flexibility index (Phi) is 5.96. The van der Waals surface area contributed by atoms with Crippen molar-refractivity contribution in [1.29, 1.82) is 0 Å². The van der Waals surface area contributed by atoms with Crippen LogP contribution in [0, 0.1) is 0 Å². The molecule has 0 bridgehead atoms. The van der Waals surface area contributed by atoms with Crippen molar-refractivity contribution in [3.05, 3.63) is 251 Å². The summed E-state index contributed by atoms with van der Waals surface area (Å²) in [4.78, 5) is 0. The van der Waals surface area contributed by atoms with E-state index in [-0.39, 0.29) is 0 Å². The largest absolute Gasteiger partial charge is 0.456 e. The number of benzene rings is 10. The summed E-state index contributed by atoms with van der Waals surface area (Å²) in [5.41, 5.74) is 19.7. The van der Waals surface area contributed by atoms with Crippen molar-refractivity contribution in [3.8, 4) is 56.0 Å². The summed E-state index contributed by atoms with van der Waals surface area (Å²) in [5, 5.41) is 4.85. The molecular formula is C58H34O. The minimum atomic E-state index is -0.552. The second kappa shape index (κ2) is 11.1. The molecule has 1 unspecified atom stereocenters. The van der Waals surface area contributed by atoms with E-state index in [0.29, 0.717) is 0 Å². The standard InChI is InChI=1S/C58H34O/c1-2-16-36-33-53-46(31-35(36)15-1)42-21-8-12-26-50(42)57(53)49-25-11-7-20-41(49)45-32-37(29-30-51(45)57)44-34-54-56(43-22-4-3-17-38(43)44)59-55-28-14-13-27-52(55)58(54)47-23-9-5-18-39(47)40-19-6-10-24-48(40)58/h1-34H. The second-order valence-corrected chi connectivity index (χ2v) is 16.6. The molecule has 0 amide bonds. The number of ether oxygens (including phenoxy) is 1. The average molecular weight is 747 g/mol. The minimum absolute atomic E-state index is 0.419. The third-order valence-corrected chi connectivity index (χ3v) is 14.1. The van der Waals surface area contributed by atoms with E-state index in [1.807, 2.05) is 0 Å². The first-order valence-electron chi connectivity index (χ1n) is 20.7. The summed E-state index contributed by atoms with van der Waals surface area (Å²) in [6.45, 7) is 0. The number of para-hydroxylation sites is 1. The molecule has 0 saturated carbocycles. The Balaban J connectivity index is 1.07. The number of hydrogen-bond acceptors (Lipinski definition) is 1. The van der Waals surface area contributed by atoms with Gasteiger partial charge in [-0.05, 0) is 124 Å². The highest BCUT2D eigenvalue weighted by Crippen LogP contribution is 2.66. The van der Waals surface area contributed by atoms with Gasteiger partial charge in [-0.25, -0.2) is 0 Å². The van der Waals surface area contributed by atoms with Gasteiger partial charge in [0.25, 0.3) is 0 Å². The van der Waals surface area contributed by atoms with Gasteiger partial charge in [-0.2, -0.15) is 0 Å². The molecule has 1 aliphatic heterocycles. The molecule has 2 spiro atoms. The highest BCUT2D eigenvalue weighted by atomic mass is 16.5. The second-order valence-electron chi connectivity index (χ2n) is 16.6. The fraction of sp³-hybridized carbons (Fsp3) is 0.0345. The summed E-state index contributed by atoms with van der Waals surface area (Å²) in [5.74, 6) is 1.85. The zero-order valence-corrected chi connectivity index (χ0v) is 32.0. The molecule has 1 heterocycles. The lowest BCUT2D eigenvalue weighted by Crippen LogP contribution is -2.32.